The van der Waals surface area contributed by atoms with E-state index in [1.54, 1.807) is 31.2 Å². The van der Waals surface area contributed by atoms with Gasteiger partial charge >= 0.3 is 0 Å². The third-order valence-electron chi connectivity index (χ3n) is 5.22. The number of aromatic nitrogens is 2. The first kappa shape index (κ1) is 22.8. The predicted molar refractivity (Wildman–Crippen MR) is 121 cm³/mol. The molecule has 7 nitrogen and oxygen atoms in total. The van der Waals surface area contributed by atoms with Gasteiger partial charge in [-0.25, -0.2) is 12.8 Å². The van der Waals surface area contributed by atoms with E-state index in [1.165, 1.54) is 16.4 Å². The Hall–Kier alpha value is -2.40. The Labute approximate surface area is 194 Å². The summed E-state index contributed by atoms with van der Waals surface area (Å²) in [5.74, 6) is -1.20. The molecule has 4 rings (SSSR count). The first-order valence-electron chi connectivity index (χ1n) is 9.90. The van der Waals surface area contributed by atoms with E-state index in [0.717, 1.165) is 23.8 Å². The third-order valence-corrected chi connectivity index (χ3v) is 8.55. The molecule has 1 amide bonds. The molecule has 0 saturated carbocycles. The molecule has 1 atom stereocenters. The van der Waals surface area contributed by atoms with Gasteiger partial charge in [-0.2, -0.15) is 4.31 Å². The van der Waals surface area contributed by atoms with Crippen molar-refractivity contribution in [3.8, 4) is 0 Å². The van der Waals surface area contributed by atoms with Crippen LogP contribution in [0.15, 0.2) is 47.4 Å². The summed E-state index contributed by atoms with van der Waals surface area (Å²) in [6, 6.07) is 10.5. The van der Waals surface area contributed by atoms with Crippen LogP contribution in [0, 0.1) is 12.7 Å². The number of hydrogen-bond acceptors (Lipinski definition) is 6. The summed E-state index contributed by atoms with van der Waals surface area (Å²) < 4.78 is 41.3. The molecular weight excluding hydrogens is 475 g/mol. The molecule has 3 aromatic rings. The molecule has 168 valence electrons. The van der Waals surface area contributed by atoms with Gasteiger partial charge in [0.2, 0.25) is 15.0 Å². The second-order valence-corrected chi connectivity index (χ2v) is 10.9. The molecule has 1 saturated heterocycles. The lowest BCUT2D eigenvalue weighted by atomic mass is 10.0. The molecule has 0 bridgehead atoms. The number of amides is 1. The van der Waals surface area contributed by atoms with E-state index in [2.05, 4.69) is 15.5 Å². The van der Waals surface area contributed by atoms with Crippen molar-refractivity contribution in [2.24, 2.45) is 0 Å². The van der Waals surface area contributed by atoms with Crippen LogP contribution in [0.25, 0.3) is 0 Å². The first-order valence-corrected chi connectivity index (χ1v) is 12.5. The van der Waals surface area contributed by atoms with Gasteiger partial charge < -0.3 is 5.32 Å². The SMILES string of the molecule is Cc1ccc(F)cc1S(=O)(=O)N1CCCC(c2nnc(C(=O)Nc3cccc(Cl)c3)s2)C1. The van der Waals surface area contributed by atoms with Crippen LogP contribution in [0.2, 0.25) is 5.02 Å². The number of carbonyl (C=O) groups excluding carboxylic acids is 1. The zero-order valence-corrected chi connectivity index (χ0v) is 19.5. The summed E-state index contributed by atoms with van der Waals surface area (Å²) in [6.45, 7) is 2.18. The molecule has 1 aliphatic rings. The highest BCUT2D eigenvalue weighted by Crippen LogP contribution is 2.33. The number of hydrogen-bond donors (Lipinski definition) is 1. The fraction of sp³-hybridized carbons (Fsp3) is 0.286. The smallest absolute Gasteiger partial charge is 0.286 e. The van der Waals surface area contributed by atoms with E-state index in [4.69, 9.17) is 11.6 Å². The van der Waals surface area contributed by atoms with Gasteiger partial charge in [-0.15, -0.1) is 10.2 Å². The number of anilines is 1. The summed E-state index contributed by atoms with van der Waals surface area (Å²) in [5, 5.41) is 12.1. The molecule has 0 spiro atoms. The third kappa shape index (κ3) is 4.83. The molecule has 2 aromatic carbocycles. The summed E-state index contributed by atoms with van der Waals surface area (Å²) in [6.07, 6.45) is 1.35. The molecular formula is C21H20ClFN4O3S2. The van der Waals surface area contributed by atoms with E-state index >= 15 is 0 Å². The van der Waals surface area contributed by atoms with Gasteiger partial charge in [-0.05, 0) is 55.7 Å². The largest absolute Gasteiger partial charge is 0.320 e. The fourth-order valence-corrected chi connectivity index (χ4v) is 6.41. The van der Waals surface area contributed by atoms with Gasteiger partial charge in [0.1, 0.15) is 10.8 Å². The molecule has 11 heteroatoms. The Kier molecular flexibility index (Phi) is 6.57. The summed E-state index contributed by atoms with van der Waals surface area (Å²) in [5.41, 5.74) is 1.03. The average Bonchev–Trinajstić information content (AvgIpc) is 3.26. The Morgan fingerprint density at radius 3 is 2.84 bits per heavy atom. The van der Waals surface area contributed by atoms with Gasteiger partial charge in [0.15, 0.2) is 0 Å². The van der Waals surface area contributed by atoms with E-state index in [1.807, 2.05) is 0 Å². The van der Waals surface area contributed by atoms with Crippen LogP contribution in [0.1, 0.15) is 39.1 Å². The summed E-state index contributed by atoms with van der Waals surface area (Å²) >= 11 is 7.08. The van der Waals surface area contributed by atoms with Crippen LogP contribution >= 0.6 is 22.9 Å². The number of aryl methyl sites for hydroxylation is 1. The maximum Gasteiger partial charge on any atom is 0.286 e. The summed E-state index contributed by atoms with van der Waals surface area (Å²) in [4.78, 5) is 12.5. The van der Waals surface area contributed by atoms with Crippen LogP contribution in [0.5, 0.6) is 0 Å². The van der Waals surface area contributed by atoms with Crippen molar-refractivity contribution in [1.29, 1.82) is 0 Å². The van der Waals surface area contributed by atoms with Crippen LogP contribution < -0.4 is 5.32 Å². The lowest BCUT2D eigenvalue weighted by Gasteiger charge is -2.31. The van der Waals surface area contributed by atoms with E-state index in [0.29, 0.717) is 34.2 Å². The maximum absolute atomic E-state index is 13.7. The molecule has 1 fully saturated rings. The van der Waals surface area contributed by atoms with Gasteiger partial charge in [-0.3, -0.25) is 4.79 Å². The normalized spacial score (nSPS) is 17.3. The number of nitrogens with one attached hydrogen (secondary N) is 1. The minimum atomic E-state index is -3.85. The molecule has 2 heterocycles. The van der Waals surface area contributed by atoms with Crippen molar-refractivity contribution < 1.29 is 17.6 Å². The van der Waals surface area contributed by atoms with Crippen LogP contribution in [-0.2, 0) is 10.0 Å². The van der Waals surface area contributed by atoms with Crippen molar-refractivity contribution in [2.45, 2.75) is 30.6 Å². The van der Waals surface area contributed by atoms with Crippen LogP contribution in [0.3, 0.4) is 0 Å². The van der Waals surface area contributed by atoms with Crippen molar-refractivity contribution in [1.82, 2.24) is 14.5 Å². The lowest BCUT2D eigenvalue weighted by Crippen LogP contribution is -2.39. The second kappa shape index (κ2) is 9.22. The van der Waals surface area contributed by atoms with E-state index < -0.39 is 21.7 Å². The van der Waals surface area contributed by atoms with Crippen LogP contribution in [-0.4, -0.2) is 41.9 Å². The predicted octanol–water partition coefficient (Wildman–Crippen LogP) is 4.46. The van der Waals surface area contributed by atoms with Crippen molar-refractivity contribution in [3.05, 3.63) is 68.9 Å². The quantitative estimate of drug-likeness (QED) is 0.565. The molecule has 32 heavy (non-hydrogen) atoms. The van der Waals surface area contributed by atoms with Crippen molar-refractivity contribution in [3.63, 3.8) is 0 Å². The van der Waals surface area contributed by atoms with Gasteiger partial charge in [-0.1, -0.05) is 35.1 Å². The van der Waals surface area contributed by atoms with E-state index in [-0.39, 0.29) is 22.4 Å². The van der Waals surface area contributed by atoms with Gasteiger partial charge in [0, 0.05) is 29.7 Å². The number of carbonyl (C=O) groups is 1. The van der Waals surface area contributed by atoms with E-state index in [9.17, 15) is 17.6 Å². The highest BCUT2D eigenvalue weighted by Gasteiger charge is 2.33. The number of halogens is 2. The average molecular weight is 495 g/mol. The molecule has 1 aromatic heterocycles. The first-order chi connectivity index (χ1) is 15.2. The van der Waals surface area contributed by atoms with Crippen molar-refractivity contribution >= 4 is 44.6 Å². The molecule has 0 aliphatic carbocycles. The Bertz CT molecular complexity index is 1270. The number of piperidine rings is 1. The minimum Gasteiger partial charge on any atom is -0.320 e. The van der Waals surface area contributed by atoms with Gasteiger partial charge in [0.25, 0.3) is 5.91 Å². The lowest BCUT2D eigenvalue weighted by molar-refractivity contribution is 0.102. The molecule has 1 N–H and O–H groups in total. The summed E-state index contributed by atoms with van der Waals surface area (Å²) in [7, 11) is -3.85. The molecule has 1 unspecified atom stereocenters. The number of nitrogens with zero attached hydrogens (tertiary/aromatic N) is 3. The molecule has 0 radical (unpaired) electrons. The monoisotopic (exact) mass is 494 g/mol. The zero-order valence-electron chi connectivity index (χ0n) is 17.1. The number of sulfonamides is 1. The van der Waals surface area contributed by atoms with Gasteiger partial charge in [0.05, 0.1) is 4.90 Å². The molecule has 1 aliphatic heterocycles. The fourth-order valence-electron chi connectivity index (χ4n) is 3.60. The Morgan fingerprint density at radius 2 is 2.06 bits per heavy atom. The topological polar surface area (TPSA) is 92.3 Å². The number of rotatable bonds is 5. The minimum absolute atomic E-state index is 0.0306. The second-order valence-electron chi connectivity index (χ2n) is 7.52. The Balaban J connectivity index is 1.50. The number of benzene rings is 2. The van der Waals surface area contributed by atoms with Crippen molar-refractivity contribution in [2.75, 3.05) is 18.4 Å². The highest BCUT2D eigenvalue weighted by molar-refractivity contribution is 7.89. The standard InChI is InChI=1S/C21H20ClFN4O3S2/c1-13-7-8-16(23)11-18(13)32(29,30)27-9-3-4-14(12-27)20-25-26-21(31-20)19(28)24-17-6-2-5-15(22)10-17/h2,5-8,10-11,14H,3-4,9,12H2,1H3,(H,24,28). The van der Waals surface area contributed by atoms with Crippen LogP contribution in [0.4, 0.5) is 10.1 Å². The maximum atomic E-state index is 13.7. The highest BCUT2D eigenvalue weighted by atomic mass is 35.5. The zero-order chi connectivity index (χ0) is 22.9. The Morgan fingerprint density at radius 1 is 1.25 bits per heavy atom.